The zero-order valence-corrected chi connectivity index (χ0v) is 11.9. The van der Waals surface area contributed by atoms with Crippen LogP contribution in [0.15, 0.2) is 54.1 Å². The molecule has 5 heteroatoms. The molecule has 3 rings (SSSR count). The summed E-state index contributed by atoms with van der Waals surface area (Å²) in [7, 11) is 0. The molecule has 0 saturated heterocycles. The maximum atomic E-state index is 11.9. The third-order valence-electron chi connectivity index (χ3n) is 2.96. The van der Waals surface area contributed by atoms with Gasteiger partial charge in [0.1, 0.15) is 0 Å². The number of anilines is 2. The van der Waals surface area contributed by atoms with Crippen LogP contribution >= 0.6 is 11.3 Å². The van der Waals surface area contributed by atoms with E-state index in [2.05, 4.69) is 10.3 Å². The van der Waals surface area contributed by atoms with Crippen molar-refractivity contribution in [1.82, 2.24) is 4.98 Å². The van der Waals surface area contributed by atoms with E-state index in [4.69, 9.17) is 5.73 Å². The van der Waals surface area contributed by atoms with Gasteiger partial charge in [-0.25, -0.2) is 4.98 Å². The number of carbonyl (C=O) groups excluding carboxylic acids is 1. The molecule has 0 fully saturated rings. The summed E-state index contributed by atoms with van der Waals surface area (Å²) in [5, 5.41) is 2.83. The van der Waals surface area contributed by atoms with Crippen molar-refractivity contribution in [3.8, 4) is 0 Å². The van der Waals surface area contributed by atoms with Crippen molar-refractivity contribution in [2.24, 2.45) is 0 Å². The minimum Gasteiger partial charge on any atom is -0.399 e. The van der Waals surface area contributed by atoms with Gasteiger partial charge in [0.25, 0.3) is 0 Å². The molecule has 0 aliphatic heterocycles. The van der Waals surface area contributed by atoms with Gasteiger partial charge in [-0.1, -0.05) is 12.1 Å². The average molecular weight is 295 g/mol. The average Bonchev–Trinajstić information content (AvgIpc) is 2.94. The van der Waals surface area contributed by atoms with Crippen molar-refractivity contribution < 1.29 is 4.79 Å². The lowest BCUT2D eigenvalue weighted by Gasteiger charge is -2.01. The van der Waals surface area contributed by atoms with Crippen LogP contribution in [0.1, 0.15) is 5.56 Å². The van der Waals surface area contributed by atoms with Gasteiger partial charge in [-0.3, -0.25) is 4.79 Å². The third-order valence-corrected chi connectivity index (χ3v) is 3.75. The first-order valence-corrected chi connectivity index (χ1v) is 7.26. The second-order valence-electron chi connectivity index (χ2n) is 4.52. The fourth-order valence-corrected chi connectivity index (χ4v) is 2.61. The molecule has 1 heterocycles. The van der Waals surface area contributed by atoms with Gasteiger partial charge < -0.3 is 11.1 Å². The fourth-order valence-electron chi connectivity index (χ4n) is 1.90. The lowest BCUT2D eigenvalue weighted by molar-refractivity contribution is -0.111. The number of nitrogens with one attached hydrogen (secondary N) is 1. The Morgan fingerprint density at radius 3 is 2.81 bits per heavy atom. The number of thiazole rings is 1. The lowest BCUT2D eigenvalue weighted by Crippen LogP contribution is -2.07. The van der Waals surface area contributed by atoms with Gasteiger partial charge in [-0.2, -0.15) is 0 Å². The zero-order chi connectivity index (χ0) is 14.7. The zero-order valence-electron chi connectivity index (χ0n) is 11.1. The topological polar surface area (TPSA) is 68.0 Å². The summed E-state index contributed by atoms with van der Waals surface area (Å²) in [5.74, 6) is -0.171. The van der Waals surface area contributed by atoms with Gasteiger partial charge in [-0.05, 0) is 42.0 Å². The number of hydrogen-bond acceptors (Lipinski definition) is 4. The number of nitrogens with two attached hydrogens (primary N) is 1. The van der Waals surface area contributed by atoms with Gasteiger partial charge >= 0.3 is 0 Å². The Morgan fingerprint density at radius 1 is 1.19 bits per heavy atom. The number of carbonyl (C=O) groups is 1. The van der Waals surface area contributed by atoms with E-state index < -0.39 is 0 Å². The van der Waals surface area contributed by atoms with Gasteiger partial charge in [0.2, 0.25) is 5.91 Å². The molecule has 0 unspecified atom stereocenters. The van der Waals surface area contributed by atoms with Crippen LogP contribution in [0.3, 0.4) is 0 Å². The number of fused-ring (bicyclic) bond motifs is 1. The van der Waals surface area contributed by atoms with Crippen molar-refractivity contribution in [3.63, 3.8) is 0 Å². The molecule has 0 spiro atoms. The van der Waals surface area contributed by atoms with Gasteiger partial charge in [0, 0.05) is 17.5 Å². The highest BCUT2D eigenvalue weighted by Gasteiger charge is 2.01. The summed E-state index contributed by atoms with van der Waals surface area (Å²) in [6.45, 7) is 0. The van der Waals surface area contributed by atoms with Crippen molar-refractivity contribution in [3.05, 3.63) is 59.6 Å². The van der Waals surface area contributed by atoms with Crippen molar-refractivity contribution in [2.75, 3.05) is 11.1 Å². The number of benzene rings is 2. The van der Waals surface area contributed by atoms with Crippen LogP contribution in [-0.4, -0.2) is 10.9 Å². The highest BCUT2D eigenvalue weighted by Crippen LogP contribution is 2.21. The predicted molar refractivity (Wildman–Crippen MR) is 88.1 cm³/mol. The first-order valence-electron chi connectivity index (χ1n) is 6.38. The molecule has 0 aliphatic carbocycles. The van der Waals surface area contributed by atoms with E-state index in [9.17, 15) is 4.79 Å². The molecule has 1 amide bonds. The normalized spacial score (nSPS) is 11.0. The van der Waals surface area contributed by atoms with Crippen LogP contribution in [0, 0.1) is 0 Å². The van der Waals surface area contributed by atoms with Crippen molar-refractivity contribution in [1.29, 1.82) is 0 Å². The van der Waals surface area contributed by atoms with Crippen LogP contribution in [0.25, 0.3) is 16.3 Å². The van der Waals surface area contributed by atoms with E-state index in [1.54, 1.807) is 35.1 Å². The fraction of sp³-hybridized carbons (Fsp3) is 0. The maximum absolute atomic E-state index is 11.9. The standard InChI is InChI=1S/C16H13N3OS/c17-12-4-1-11(2-5-12)3-8-16(20)19-13-6-7-14-15(9-13)21-10-18-14/h1-10H,17H2,(H,19,20)/b8-3+. The summed E-state index contributed by atoms with van der Waals surface area (Å²) in [5.41, 5.74) is 10.7. The molecule has 1 aromatic heterocycles. The SMILES string of the molecule is Nc1ccc(/C=C/C(=O)Nc2ccc3ncsc3c2)cc1. The molecule has 3 N–H and O–H groups in total. The predicted octanol–water partition coefficient (Wildman–Crippen LogP) is 3.53. The van der Waals surface area contributed by atoms with E-state index >= 15 is 0 Å². The van der Waals surface area contributed by atoms with Crippen molar-refractivity contribution >= 4 is 44.9 Å². The first-order chi connectivity index (χ1) is 10.2. The number of nitrogen functional groups attached to an aromatic ring is 1. The van der Waals surface area contributed by atoms with E-state index in [0.717, 1.165) is 21.5 Å². The molecular weight excluding hydrogens is 282 g/mol. The molecule has 0 atom stereocenters. The monoisotopic (exact) mass is 295 g/mol. The molecule has 0 bridgehead atoms. The molecule has 4 nitrogen and oxygen atoms in total. The number of nitrogens with zero attached hydrogens (tertiary/aromatic N) is 1. The smallest absolute Gasteiger partial charge is 0.248 e. The number of aromatic nitrogens is 1. The number of amides is 1. The summed E-state index contributed by atoms with van der Waals surface area (Å²) < 4.78 is 1.05. The third kappa shape index (κ3) is 3.27. The maximum Gasteiger partial charge on any atom is 0.248 e. The van der Waals surface area contributed by atoms with Crippen molar-refractivity contribution in [2.45, 2.75) is 0 Å². The lowest BCUT2D eigenvalue weighted by atomic mass is 10.2. The Morgan fingerprint density at radius 2 is 2.00 bits per heavy atom. The Hall–Kier alpha value is -2.66. The summed E-state index contributed by atoms with van der Waals surface area (Å²) >= 11 is 1.55. The summed E-state index contributed by atoms with van der Waals surface area (Å²) in [6, 6.07) is 13.0. The molecule has 104 valence electrons. The minimum atomic E-state index is -0.171. The second-order valence-corrected chi connectivity index (χ2v) is 5.41. The Kier molecular flexibility index (Phi) is 3.66. The largest absolute Gasteiger partial charge is 0.399 e. The van der Waals surface area contributed by atoms with Crippen LogP contribution in [0.4, 0.5) is 11.4 Å². The molecular formula is C16H13N3OS. The first kappa shape index (κ1) is 13.3. The molecule has 0 saturated carbocycles. The molecule has 3 aromatic rings. The summed E-state index contributed by atoms with van der Waals surface area (Å²) in [6.07, 6.45) is 3.25. The van der Waals surface area contributed by atoms with E-state index in [-0.39, 0.29) is 5.91 Å². The number of hydrogen-bond donors (Lipinski definition) is 2. The van der Waals surface area contributed by atoms with Gasteiger partial charge in [0.15, 0.2) is 0 Å². The van der Waals surface area contributed by atoms with Gasteiger partial charge in [0.05, 0.1) is 15.7 Å². The Balaban J connectivity index is 1.69. The van der Waals surface area contributed by atoms with E-state index in [1.807, 2.05) is 30.3 Å². The number of rotatable bonds is 3. The minimum absolute atomic E-state index is 0.171. The Labute approximate surface area is 125 Å². The summed E-state index contributed by atoms with van der Waals surface area (Å²) in [4.78, 5) is 16.1. The second kappa shape index (κ2) is 5.76. The van der Waals surface area contributed by atoms with E-state index in [0.29, 0.717) is 5.69 Å². The highest BCUT2D eigenvalue weighted by molar-refractivity contribution is 7.16. The molecule has 0 radical (unpaired) electrons. The van der Waals surface area contributed by atoms with Gasteiger partial charge in [-0.15, -0.1) is 11.3 Å². The van der Waals surface area contributed by atoms with E-state index in [1.165, 1.54) is 6.08 Å². The highest BCUT2D eigenvalue weighted by atomic mass is 32.1. The van der Waals surface area contributed by atoms with Crippen LogP contribution < -0.4 is 11.1 Å². The van der Waals surface area contributed by atoms with Crippen LogP contribution in [0.2, 0.25) is 0 Å². The Bertz CT molecular complexity index is 806. The molecule has 2 aromatic carbocycles. The van der Waals surface area contributed by atoms with Crippen LogP contribution in [0.5, 0.6) is 0 Å². The molecule has 21 heavy (non-hydrogen) atoms. The quantitative estimate of drug-likeness (QED) is 0.573. The van der Waals surface area contributed by atoms with Crippen LogP contribution in [-0.2, 0) is 4.79 Å². The molecule has 0 aliphatic rings.